The molecule has 0 saturated heterocycles. The molecular formula is C20H20ClN3O5. The summed E-state index contributed by atoms with van der Waals surface area (Å²) in [6.07, 6.45) is -0.133. The van der Waals surface area contributed by atoms with Gasteiger partial charge in [-0.15, -0.1) is 0 Å². The Balaban J connectivity index is 1.97. The molecule has 152 valence electrons. The summed E-state index contributed by atoms with van der Waals surface area (Å²) in [5, 5.41) is 9.20. The largest absolute Gasteiger partial charge is 0.493 e. The van der Waals surface area contributed by atoms with Crippen LogP contribution in [0, 0.1) is 11.3 Å². The highest BCUT2D eigenvalue weighted by Crippen LogP contribution is 2.37. The molecule has 0 aliphatic heterocycles. The van der Waals surface area contributed by atoms with Crippen LogP contribution in [0.15, 0.2) is 36.4 Å². The molecule has 0 aromatic heterocycles. The molecule has 2 aromatic carbocycles. The maximum atomic E-state index is 12.3. The molecule has 0 heterocycles. The Kier molecular flexibility index (Phi) is 7.69. The second kappa shape index (κ2) is 10.2. The summed E-state index contributed by atoms with van der Waals surface area (Å²) in [6.45, 7) is 3.29. The van der Waals surface area contributed by atoms with Crippen molar-refractivity contribution in [3.05, 3.63) is 52.5 Å². The van der Waals surface area contributed by atoms with Gasteiger partial charge in [-0.3, -0.25) is 20.4 Å². The highest BCUT2D eigenvalue weighted by molar-refractivity contribution is 6.32. The fourth-order valence-corrected chi connectivity index (χ4v) is 2.52. The van der Waals surface area contributed by atoms with Crippen molar-refractivity contribution in [1.82, 2.24) is 10.9 Å². The summed E-state index contributed by atoms with van der Waals surface area (Å²) in [7, 11) is 1.43. The molecule has 9 heteroatoms. The summed E-state index contributed by atoms with van der Waals surface area (Å²) >= 11 is 6.19. The fourth-order valence-electron chi connectivity index (χ4n) is 2.26. The summed E-state index contributed by atoms with van der Waals surface area (Å²) in [6, 6.07) is 11.3. The van der Waals surface area contributed by atoms with Crippen LogP contribution in [-0.2, 0) is 4.79 Å². The number of nitriles is 1. The zero-order valence-electron chi connectivity index (χ0n) is 16.1. The van der Waals surface area contributed by atoms with Crippen molar-refractivity contribution in [2.75, 3.05) is 13.7 Å². The number of rotatable bonds is 7. The molecule has 0 fully saturated rings. The van der Waals surface area contributed by atoms with Crippen molar-refractivity contribution in [1.29, 1.82) is 5.26 Å². The van der Waals surface area contributed by atoms with Crippen molar-refractivity contribution in [2.45, 2.75) is 20.0 Å². The van der Waals surface area contributed by atoms with Crippen molar-refractivity contribution < 1.29 is 23.8 Å². The molecule has 0 saturated carbocycles. The Hall–Kier alpha value is -3.44. The van der Waals surface area contributed by atoms with E-state index in [9.17, 15) is 9.59 Å². The molecule has 0 radical (unpaired) electrons. The SMILES string of the molecule is COc1cc(C(=O)NNC(=O)COc2ccccc2C#N)cc(Cl)c1OC(C)C. The van der Waals surface area contributed by atoms with Crippen LogP contribution in [0.3, 0.4) is 0 Å². The number of nitrogens with zero attached hydrogens (tertiary/aromatic N) is 1. The number of hydrogen-bond acceptors (Lipinski definition) is 6. The topological polar surface area (TPSA) is 110 Å². The lowest BCUT2D eigenvalue weighted by molar-refractivity contribution is -0.123. The van der Waals surface area contributed by atoms with E-state index in [0.717, 1.165) is 0 Å². The van der Waals surface area contributed by atoms with Crippen LogP contribution in [0.1, 0.15) is 29.8 Å². The second-order valence-corrected chi connectivity index (χ2v) is 6.46. The molecule has 0 atom stereocenters. The van der Waals surface area contributed by atoms with Crippen LogP contribution in [-0.4, -0.2) is 31.6 Å². The number of methoxy groups -OCH3 is 1. The Morgan fingerprint density at radius 2 is 1.90 bits per heavy atom. The van der Waals surface area contributed by atoms with E-state index in [-0.39, 0.29) is 29.0 Å². The molecule has 29 heavy (non-hydrogen) atoms. The van der Waals surface area contributed by atoms with Gasteiger partial charge in [0.15, 0.2) is 18.1 Å². The van der Waals surface area contributed by atoms with Gasteiger partial charge in [0.25, 0.3) is 11.8 Å². The number of ether oxygens (including phenoxy) is 3. The van der Waals surface area contributed by atoms with Gasteiger partial charge in [0.1, 0.15) is 11.8 Å². The molecule has 0 aliphatic rings. The Morgan fingerprint density at radius 3 is 2.55 bits per heavy atom. The van der Waals surface area contributed by atoms with Crippen molar-refractivity contribution >= 4 is 23.4 Å². The minimum atomic E-state index is -0.607. The van der Waals surface area contributed by atoms with Gasteiger partial charge in [-0.2, -0.15) is 5.26 Å². The smallest absolute Gasteiger partial charge is 0.276 e. The van der Waals surface area contributed by atoms with Crippen LogP contribution in [0.5, 0.6) is 17.2 Å². The van der Waals surface area contributed by atoms with Crippen LogP contribution in [0.2, 0.25) is 5.02 Å². The first-order valence-corrected chi connectivity index (χ1v) is 8.98. The van der Waals surface area contributed by atoms with Gasteiger partial charge in [-0.1, -0.05) is 23.7 Å². The number of hydrazine groups is 1. The van der Waals surface area contributed by atoms with Crippen molar-refractivity contribution in [2.24, 2.45) is 0 Å². The van der Waals surface area contributed by atoms with Gasteiger partial charge >= 0.3 is 0 Å². The number of amides is 2. The van der Waals surface area contributed by atoms with Gasteiger partial charge in [-0.05, 0) is 38.1 Å². The van der Waals surface area contributed by atoms with E-state index in [2.05, 4.69) is 10.9 Å². The number of benzene rings is 2. The minimum Gasteiger partial charge on any atom is -0.493 e. The first kappa shape index (κ1) is 21.9. The van der Waals surface area contributed by atoms with E-state index in [1.807, 2.05) is 19.9 Å². The summed E-state index contributed by atoms with van der Waals surface area (Å²) in [5.74, 6) is -0.321. The second-order valence-electron chi connectivity index (χ2n) is 6.05. The molecule has 8 nitrogen and oxygen atoms in total. The third kappa shape index (κ3) is 6.02. The van der Waals surface area contributed by atoms with E-state index >= 15 is 0 Å². The van der Waals surface area contributed by atoms with Crippen LogP contribution in [0.25, 0.3) is 0 Å². The zero-order valence-corrected chi connectivity index (χ0v) is 16.9. The third-order valence-electron chi connectivity index (χ3n) is 3.53. The first-order chi connectivity index (χ1) is 13.8. The molecule has 0 unspecified atom stereocenters. The predicted octanol–water partition coefficient (Wildman–Crippen LogP) is 2.85. The van der Waals surface area contributed by atoms with Crippen molar-refractivity contribution in [3.63, 3.8) is 0 Å². The average Bonchev–Trinajstić information content (AvgIpc) is 2.71. The maximum Gasteiger partial charge on any atom is 0.276 e. The lowest BCUT2D eigenvalue weighted by atomic mass is 10.2. The fraction of sp³-hybridized carbons (Fsp3) is 0.250. The Labute approximate surface area is 173 Å². The Bertz CT molecular complexity index is 940. The summed E-state index contributed by atoms with van der Waals surface area (Å²) in [4.78, 5) is 24.2. The first-order valence-electron chi connectivity index (χ1n) is 8.61. The molecule has 0 spiro atoms. The Morgan fingerprint density at radius 1 is 1.17 bits per heavy atom. The molecule has 2 rings (SSSR count). The quantitative estimate of drug-likeness (QED) is 0.670. The monoisotopic (exact) mass is 417 g/mol. The number of nitrogens with one attached hydrogen (secondary N) is 2. The van der Waals surface area contributed by atoms with Crippen LogP contribution >= 0.6 is 11.6 Å². The predicted molar refractivity (Wildman–Crippen MR) is 106 cm³/mol. The summed E-state index contributed by atoms with van der Waals surface area (Å²) < 4.78 is 16.1. The van der Waals surface area contributed by atoms with Gasteiger partial charge in [-0.25, -0.2) is 0 Å². The number of carbonyl (C=O) groups excluding carboxylic acids is 2. The van der Waals surface area contributed by atoms with Gasteiger partial charge in [0, 0.05) is 5.56 Å². The molecule has 2 amide bonds. The lowest BCUT2D eigenvalue weighted by Crippen LogP contribution is -2.43. The highest BCUT2D eigenvalue weighted by Gasteiger charge is 2.17. The summed E-state index contributed by atoms with van der Waals surface area (Å²) in [5.41, 5.74) is 4.96. The van der Waals surface area contributed by atoms with Gasteiger partial charge < -0.3 is 14.2 Å². The molecular weight excluding hydrogens is 398 g/mol. The minimum absolute atomic E-state index is 0.133. The average molecular weight is 418 g/mol. The number of para-hydroxylation sites is 1. The van der Waals surface area contributed by atoms with E-state index in [1.165, 1.54) is 19.2 Å². The van der Waals surface area contributed by atoms with Gasteiger partial charge in [0.2, 0.25) is 0 Å². The van der Waals surface area contributed by atoms with Crippen LogP contribution < -0.4 is 25.1 Å². The molecule has 0 bridgehead atoms. The highest BCUT2D eigenvalue weighted by atomic mass is 35.5. The van der Waals surface area contributed by atoms with Crippen LogP contribution in [0.4, 0.5) is 0 Å². The molecule has 2 aromatic rings. The van der Waals surface area contributed by atoms with E-state index in [1.54, 1.807) is 24.3 Å². The zero-order chi connectivity index (χ0) is 21.4. The maximum absolute atomic E-state index is 12.3. The van der Waals surface area contributed by atoms with E-state index in [4.69, 9.17) is 31.1 Å². The molecule has 2 N–H and O–H groups in total. The number of carbonyl (C=O) groups is 2. The third-order valence-corrected chi connectivity index (χ3v) is 3.81. The van der Waals surface area contributed by atoms with Crippen molar-refractivity contribution in [3.8, 4) is 23.3 Å². The van der Waals surface area contributed by atoms with E-state index < -0.39 is 11.8 Å². The van der Waals surface area contributed by atoms with E-state index in [0.29, 0.717) is 17.1 Å². The molecule has 0 aliphatic carbocycles. The number of hydrogen-bond donors (Lipinski definition) is 2. The number of halogens is 1. The standard InChI is InChI=1S/C20H20ClN3O5/c1-12(2)29-19-15(21)8-14(9-17(19)27-3)20(26)24-23-18(25)11-28-16-7-5-4-6-13(16)10-22/h4-9,12H,11H2,1-3H3,(H,23,25)(H,24,26). The lowest BCUT2D eigenvalue weighted by Gasteiger charge is -2.16. The van der Waals surface area contributed by atoms with Gasteiger partial charge in [0.05, 0.1) is 23.8 Å². The normalized spacial score (nSPS) is 10.1.